The lowest BCUT2D eigenvalue weighted by atomic mass is 10.2. The van der Waals surface area contributed by atoms with Crippen LogP contribution in [-0.2, 0) is 16.0 Å². The Balaban J connectivity index is 1.91. The number of hydrogen-bond acceptors (Lipinski definition) is 4. The van der Waals surface area contributed by atoms with Gasteiger partial charge in [0, 0.05) is 5.56 Å². The van der Waals surface area contributed by atoms with Crippen LogP contribution in [0.5, 0.6) is 0 Å². The third-order valence-corrected chi connectivity index (χ3v) is 3.48. The van der Waals surface area contributed by atoms with Crippen molar-refractivity contribution in [2.24, 2.45) is 5.92 Å². The van der Waals surface area contributed by atoms with Gasteiger partial charge < -0.3 is 9.26 Å². The van der Waals surface area contributed by atoms with Gasteiger partial charge in [0.2, 0.25) is 4.67 Å². The summed E-state index contributed by atoms with van der Waals surface area (Å²) in [4.78, 5) is 11.6. The molecule has 1 heterocycles. The molecule has 5 heteroatoms. The first-order chi connectivity index (χ1) is 7.58. The average molecular weight is 288 g/mol. The van der Waals surface area contributed by atoms with Gasteiger partial charge in [-0.1, -0.05) is 5.16 Å². The van der Waals surface area contributed by atoms with Crippen LogP contribution in [0.1, 0.15) is 31.0 Å². The van der Waals surface area contributed by atoms with E-state index >= 15 is 0 Å². The molecule has 88 valence electrons. The number of ether oxygens (including phenoxy) is 1. The van der Waals surface area contributed by atoms with Gasteiger partial charge in [-0.3, -0.25) is 4.79 Å². The minimum atomic E-state index is -0.216. The van der Waals surface area contributed by atoms with Crippen molar-refractivity contribution in [2.75, 3.05) is 0 Å². The van der Waals surface area contributed by atoms with Crippen molar-refractivity contribution in [2.45, 2.75) is 39.2 Å². The number of esters is 1. The molecule has 2 rings (SSSR count). The largest absolute Gasteiger partial charge is 0.462 e. The van der Waals surface area contributed by atoms with Gasteiger partial charge in [-0.25, -0.2) is 0 Å². The Hall–Kier alpha value is -0.840. The van der Waals surface area contributed by atoms with Gasteiger partial charge in [-0.05, 0) is 48.5 Å². The van der Waals surface area contributed by atoms with Crippen molar-refractivity contribution in [3.8, 4) is 0 Å². The fraction of sp³-hybridized carbons (Fsp3) is 0.636. The normalized spacial score (nSPS) is 17.2. The van der Waals surface area contributed by atoms with Gasteiger partial charge in [0.15, 0.2) is 0 Å². The lowest BCUT2D eigenvalue weighted by molar-refractivity contribution is -0.148. The predicted octanol–water partition coefficient (Wildman–Crippen LogP) is 2.63. The van der Waals surface area contributed by atoms with Crippen LogP contribution in [0.3, 0.4) is 0 Å². The number of aromatic nitrogens is 1. The molecule has 1 aromatic heterocycles. The summed E-state index contributed by atoms with van der Waals surface area (Å²) in [5.41, 5.74) is 1.50. The van der Waals surface area contributed by atoms with E-state index in [1.54, 1.807) is 6.92 Å². The van der Waals surface area contributed by atoms with Crippen LogP contribution >= 0.6 is 15.9 Å². The van der Waals surface area contributed by atoms with Gasteiger partial charge in [0.1, 0.15) is 6.10 Å². The number of hydrogen-bond donors (Lipinski definition) is 0. The molecule has 0 N–H and O–H groups in total. The van der Waals surface area contributed by atoms with Crippen LogP contribution in [0.2, 0.25) is 0 Å². The Labute approximate surface area is 102 Å². The average Bonchev–Trinajstić information content (AvgIpc) is 3.01. The molecule has 0 amide bonds. The van der Waals surface area contributed by atoms with Gasteiger partial charge in [-0.2, -0.15) is 0 Å². The van der Waals surface area contributed by atoms with Crippen molar-refractivity contribution in [1.29, 1.82) is 0 Å². The Morgan fingerprint density at radius 2 is 2.38 bits per heavy atom. The Bertz CT molecular complexity index is 378. The van der Waals surface area contributed by atoms with E-state index in [-0.39, 0.29) is 18.5 Å². The van der Waals surface area contributed by atoms with Gasteiger partial charge in [-0.15, -0.1) is 0 Å². The fourth-order valence-corrected chi connectivity index (χ4v) is 2.11. The van der Waals surface area contributed by atoms with Crippen molar-refractivity contribution in [3.63, 3.8) is 0 Å². The molecule has 0 saturated heterocycles. The zero-order valence-electron chi connectivity index (χ0n) is 9.33. The lowest BCUT2D eigenvalue weighted by Gasteiger charge is -2.11. The second-order valence-corrected chi connectivity index (χ2v) is 4.95. The second kappa shape index (κ2) is 4.57. The fourth-order valence-electron chi connectivity index (χ4n) is 1.61. The van der Waals surface area contributed by atoms with Crippen molar-refractivity contribution in [1.82, 2.24) is 5.16 Å². The van der Waals surface area contributed by atoms with Crippen LogP contribution in [0, 0.1) is 12.8 Å². The minimum absolute atomic E-state index is 0.0337. The van der Waals surface area contributed by atoms with E-state index in [1.165, 1.54) is 12.8 Å². The zero-order chi connectivity index (χ0) is 11.7. The van der Waals surface area contributed by atoms with Gasteiger partial charge in [0.25, 0.3) is 0 Å². The molecule has 1 aliphatic carbocycles. The maximum absolute atomic E-state index is 11.6. The van der Waals surface area contributed by atoms with Crippen LogP contribution in [0.25, 0.3) is 0 Å². The highest BCUT2D eigenvalue weighted by atomic mass is 79.9. The molecule has 0 aliphatic heterocycles. The summed E-state index contributed by atoms with van der Waals surface area (Å²) >= 11 is 3.22. The van der Waals surface area contributed by atoms with E-state index in [1.807, 2.05) is 6.92 Å². The highest BCUT2D eigenvalue weighted by Crippen LogP contribution is 2.34. The quantitative estimate of drug-likeness (QED) is 0.799. The molecule has 1 aliphatic rings. The highest BCUT2D eigenvalue weighted by Gasteiger charge is 2.31. The van der Waals surface area contributed by atoms with Crippen LogP contribution in [-0.4, -0.2) is 17.2 Å². The number of carbonyl (C=O) groups excluding carboxylic acids is 1. The topological polar surface area (TPSA) is 52.3 Å². The summed E-state index contributed by atoms with van der Waals surface area (Å²) in [5.74, 6) is 0.349. The first kappa shape index (κ1) is 11.6. The predicted molar refractivity (Wildman–Crippen MR) is 60.9 cm³/mol. The van der Waals surface area contributed by atoms with Crippen molar-refractivity contribution >= 4 is 21.9 Å². The Morgan fingerprint density at radius 1 is 1.69 bits per heavy atom. The first-order valence-electron chi connectivity index (χ1n) is 5.38. The molecular weight excluding hydrogens is 274 g/mol. The number of halogens is 1. The monoisotopic (exact) mass is 287 g/mol. The molecule has 4 nitrogen and oxygen atoms in total. The molecule has 0 unspecified atom stereocenters. The number of rotatable bonds is 4. The van der Waals surface area contributed by atoms with E-state index in [9.17, 15) is 4.79 Å². The lowest BCUT2D eigenvalue weighted by Crippen LogP contribution is -2.18. The van der Waals surface area contributed by atoms with Crippen LogP contribution in [0.4, 0.5) is 0 Å². The summed E-state index contributed by atoms with van der Waals surface area (Å²) in [6.45, 7) is 3.76. The zero-order valence-corrected chi connectivity index (χ0v) is 10.9. The van der Waals surface area contributed by atoms with E-state index < -0.39 is 0 Å². The van der Waals surface area contributed by atoms with E-state index in [2.05, 4.69) is 21.1 Å². The molecule has 1 fully saturated rings. The maximum atomic E-state index is 11.6. The summed E-state index contributed by atoms with van der Waals surface area (Å²) in [6.07, 6.45) is 2.59. The molecule has 0 spiro atoms. The third-order valence-electron chi connectivity index (χ3n) is 2.86. The van der Waals surface area contributed by atoms with E-state index in [4.69, 9.17) is 9.26 Å². The SMILES string of the molecule is Cc1noc(Br)c1CC(=O)O[C@H](C)C1CC1. The van der Waals surface area contributed by atoms with E-state index in [0.717, 1.165) is 11.3 Å². The van der Waals surface area contributed by atoms with Crippen molar-refractivity contribution in [3.05, 3.63) is 15.9 Å². The minimum Gasteiger partial charge on any atom is -0.462 e. The molecule has 0 bridgehead atoms. The molecule has 0 radical (unpaired) electrons. The molecule has 1 aromatic rings. The summed E-state index contributed by atoms with van der Waals surface area (Å²) in [6, 6.07) is 0. The summed E-state index contributed by atoms with van der Waals surface area (Å²) in [7, 11) is 0. The standard InChI is InChI=1S/C11H14BrNO3/c1-6-9(11(12)16-13-6)5-10(14)15-7(2)8-3-4-8/h7-8H,3-5H2,1-2H3/t7-/m1/s1. The number of aryl methyl sites for hydroxylation is 1. The molecule has 0 aromatic carbocycles. The van der Waals surface area contributed by atoms with Gasteiger partial charge in [0.05, 0.1) is 12.1 Å². The Kier molecular flexibility index (Phi) is 3.33. The summed E-state index contributed by atoms with van der Waals surface area (Å²) < 4.78 is 10.8. The summed E-state index contributed by atoms with van der Waals surface area (Å²) in [5, 5.41) is 3.77. The van der Waals surface area contributed by atoms with E-state index in [0.29, 0.717) is 10.6 Å². The number of nitrogens with zero attached hydrogens (tertiary/aromatic N) is 1. The molecule has 16 heavy (non-hydrogen) atoms. The van der Waals surface area contributed by atoms with Gasteiger partial charge >= 0.3 is 5.97 Å². The molecule has 1 saturated carbocycles. The Morgan fingerprint density at radius 3 is 2.88 bits per heavy atom. The smallest absolute Gasteiger partial charge is 0.310 e. The molecule has 1 atom stereocenters. The van der Waals surface area contributed by atoms with Crippen LogP contribution < -0.4 is 0 Å². The van der Waals surface area contributed by atoms with Crippen molar-refractivity contribution < 1.29 is 14.1 Å². The number of carbonyl (C=O) groups is 1. The third kappa shape index (κ3) is 2.64. The first-order valence-corrected chi connectivity index (χ1v) is 6.17. The maximum Gasteiger partial charge on any atom is 0.310 e. The van der Waals surface area contributed by atoms with Crippen LogP contribution in [0.15, 0.2) is 9.19 Å². The highest BCUT2D eigenvalue weighted by molar-refractivity contribution is 9.10. The molecular formula is C11H14BrNO3. The second-order valence-electron chi connectivity index (χ2n) is 4.23.